The molecule has 10 heteroatoms. The molecule has 0 spiro atoms. The number of anilines is 1. The van der Waals surface area contributed by atoms with Crippen LogP contribution in [0.5, 0.6) is 0 Å². The Balaban J connectivity index is 2.03. The molecule has 132 valence electrons. The minimum atomic E-state index is -0.506. The van der Waals surface area contributed by atoms with Crippen LogP contribution in [0.3, 0.4) is 0 Å². The van der Waals surface area contributed by atoms with E-state index in [1.165, 1.54) is 22.9 Å². The van der Waals surface area contributed by atoms with Crippen molar-refractivity contribution in [2.75, 3.05) is 5.32 Å². The Labute approximate surface area is 142 Å². The van der Waals surface area contributed by atoms with E-state index in [0.29, 0.717) is 22.6 Å². The molecular formula is C15H17N5O5. The number of rotatable bonds is 6. The summed E-state index contributed by atoms with van der Waals surface area (Å²) < 4.78 is 1.43. The maximum Gasteiger partial charge on any atom is 0.312 e. The van der Waals surface area contributed by atoms with E-state index in [2.05, 4.69) is 10.4 Å². The summed E-state index contributed by atoms with van der Waals surface area (Å²) in [5, 5.41) is 28.4. The summed E-state index contributed by atoms with van der Waals surface area (Å²) in [6.45, 7) is 4.98. The summed E-state index contributed by atoms with van der Waals surface area (Å²) in [6, 6.07) is 4.16. The van der Waals surface area contributed by atoms with Crippen molar-refractivity contribution in [2.45, 2.75) is 33.7 Å². The highest BCUT2D eigenvalue weighted by Crippen LogP contribution is 2.23. The summed E-state index contributed by atoms with van der Waals surface area (Å²) in [7, 11) is 0. The second kappa shape index (κ2) is 7.07. The molecule has 2 rings (SSSR count). The molecule has 0 unspecified atom stereocenters. The van der Waals surface area contributed by atoms with Crippen molar-refractivity contribution in [1.29, 1.82) is 0 Å². The normalized spacial score (nSPS) is 10.5. The fourth-order valence-electron chi connectivity index (χ4n) is 2.49. The predicted molar refractivity (Wildman–Crippen MR) is 89.4 cm³/mol. The number of nitro groups is 2. The van der Waals surface area contributed by atoms with E-state index in [0.717, 1.165) is 0 Å². The summed E-state index contributed by atoms with van der Waals surface area (Å²) in [6.07, 6.45) is 0.0650. The van der Waals surface area contributed by atoms with Gasteiger partial charge in [0.1, 0.15) is 11.4 Å². The Morgan fingerprint density at radius 3 is 2.40 bits per heavy atom. The molecule has 1 amide bonds. The van der Waals surface area contributed by atoms with Crippen LogP contribution in [-0.4, -0.2) is 25.5 Å². The minimum absolute atomic E-state index is 0.0494. The first-order chi connectivity index (χ1) is 11.7. The Bertz CT molecular complexity index is 858. The zero-order valence-electron chi connectivity index (χ0n) is 14.0. The highest BCUT2D eigenvalue weighted by molar-refractivity contribution is 5.91. The number of aryl methyl sites for hydroxylation is 3. The first-order valence-electron chi connectivity index (χ1n) is 7.44. The molecule has 1 N–H and O–H groups in total. The lowest BCUT2D eigenvalue weighted by molar-refractivity contribution is -0.386. The number of non-ortho nitro benzene ring substituents is 1. The molecule has 1 heterocycles. The van der Waals surface area contributed by atoms with Crippen molar-refractivity contribution in [3.8, 4) is 0 Å². The zero-order chi connectivity index (χ0) is 18.7. The summed E-state index contributed by atoms with van der Waals surface area (Å²) in [5.74, 6) is -0.313. The first kappa shape index (κ1) is 18.0. The topological polar surface area (TPSA) is 133 Å². The molecule has 0 aliphatic rings. The van der Waals surface area contributed by atoms with Gasteiger partial charge in [-0.1, -0.05) is 0 Å². The SMILES string of the molecule is Cc1cc([N+](=O)[O-])ccc1NC(=O)CCn1nc(C)c([N+](=O)[O-])c1C. The minimum Gasteiger partial charge on any atom is -0.326 e. The number of hydrogen-bond donors (Lipinski definition) is 1. The van der Waals surface area contributed by atoms with E-state index >= 15 is 0 Å². The van der Waals surface area contributed by atoms with Crippen molar-refractivity contribution in [3.05, 3.63) is 55.4 Å². The predicted octanol–water partition coefficient (Wildman–Crippen LogP) is 2.65. The molecule has 0 saturated carbocycles. The second-order valence-corrected chi connectivity index (χ2v) is 5.55. The van der Waals surface area contributed by atoms with E-state index in [9.17, 15) is 25.0 Å². The number of hydrogen-bond acceptors (Lipinski definition) is 6. The van der Waals surface area contributed by atoms with Crippen molar-refractivity contribution in [1.82, 2.24) is 9.78 Å². The Kier molecular flexibility index (Phi) is 5.11. The molecule has 0 aliphatic carbocycles. The van der Waals surface area contributed by atoms with Gasteiger partial charge in [-0.3, -0.25) is 29.7 Å². The standard InChI is InChI=1S/C15H17N5O5/c1-9-8-12(19(22)23)4-5-13(9)16-14(21)6-7-18-11(3)15(20(24)25)10(2)17-18/h4-5,8H,6-7H2,1-3H3,(H,16,21). The monoisotopic (exact) mass is 347 g/mol. The smallest absolute Gasteiger partial charge is 0.312 e. The highest BCUT2D eigenvalue weighted by atomic mass is 16.6. The van der Waals surface area contributed by atoms with E-state index in [1.54, 1.807) is 20.8 Å². The van der Waals surface area contributed by atoms with Gasteiger partial charge in [0.25, 0.3) is 5.69 Å². The fourth-order valence-corrected chi connectivity index (χ4v) is 2.49. The average molecular weight is 347 g/mol. The third kappa shape index (κ3) is 3.97. The molecule has 25 heavy (non-hydrogen) atoms. The van der Waals surface area contributed by atoms with Gasteiger partial charge in [-0.2, -0.15) is 5.10 Å². The molecule has 1 aromatic carbocycles. The molecule has 0 atom stereocenters. The van der Waals surface area contributed by atoms with Crippen molar-refractivity contribution < 1.29 is 14.6 Å². The van der Waals surface area contributed by atoms with Gasteiger partial charge < -0.3 is 5.32 Å². The third-order valence-electron chi connectivity index (χ3n) is 3.77. The first-order valence-corrected chi connectivity index (χ1v) is 7.44. The Morgan fingerprint density at radius 2 is 1.88 bits per heavy atom. The molecule has 0 radical (unpaired) electrons. The van der Waals surface area contributed by atoms with E-state index in [1.807, 2.05) is 0 Å². The van der Waals surface area contributed by atoms with E-state index in [4.69, 9.17) is 0 Å². The number of benzene rings is 1. The fraction of sp³-hybridized carbons (Fsp3) is 0.333. The maximum atomic E-state index is 12.1. The number of nitrogens with zero attached hydrogens (tertiary/aromatic N) is 4. The Morgan fingerprint density at radius 1 is 1.20 bits per heavy atom. The average Bonchev–Trinajstić information content (AvgIpc) is 2.81. The lowest BCUT2D eigenvalue weighted by atomic mass is 10.1. The van der Waals surface area contributed by atoms with Gasteiger partial charge in [0.05, 0.1) is 16.4 Å². The summed E-state index contributed by atoms with van der Waals surface area (Å²) >= 11 is 0. The van der Waals surface area contributed by atoms with Crippen LogP contribution in [0, 0.1) is 41.0 Å². The quantitative estimate of drug-likeness (QED) is 0.630. The van der Waals surface area contributed by atoms with E-state index in [-0.39, 0.29) is 30.2 Å². The van der Waals surface area contributed by atoms with Crippen LogP contribution in [0.1, 0.15) is 23.4 Å². The van der Waals surface area contributed by atoms with Crippen LogP contribution in [-0.2, 0) is 11.3 Å². The van der Waals surface area contributed by atoms with Gasteiger partial charge in [0.15, 0.2) is 0 Å². The van der Waals surface area contributed by atoms with Crippen molar-refractivity contribution in [2.24, 2.45) is 0 Å². The lowest BCUT2D eigenvalue weighted by Gasteiger charge is -2.08. The number of aromatic nitrogens is 2. The summed E-state index contributed by atoms with van der Waals surface area (Å²) in [4.78, 5) is 32.8. The van der Waals surface area contributed by atoms with Gasteiger partial charge in [-0.15, -0.1) is 0 Å². The van der Waals surface area contributed by atoms with Crippen LogP contribution in [0.15, 0.2) is 18.2 Å². The van der Waals surface area contributed by atoms with Gasteiger partial charge in [-0.05, 0) is 32.4 Å². The molecule has 0 fully saturated rings. The van der Waals surface area contributed by atoms with Gasteiger partial charge in [-0.25, -0.2) is 0 Å². The lowest BCUT2D eigenvalue weighted by Crippen LogP contribution is -2.16. The number of nitrogens with one attached hydrogen (secondary N) is 1. The summed E-state index contributed by atoms with van der Waals surface area (Å²) in [5.41, 5.74) is 1.65. The molecular weight excluding hydrogens is 330 g/mol. The maximum absolute atomic E-state index is 12.1. The van der Waals surface area contributed by atoms with Crippen molar-refractivity contribution in [3.63, 3.8) is 0 Å². The molecule has 0 saturated heterocycles. The number of nitro benzene ring substituents is 1. The number of amides is 1. The Hall–Kier alpha value is -3.30. The molecule has 0 aliphatic heterocycles. The largest absolute Gasteiger partial charge is 0.326 e. The van der Waals surface area contributed by atoms with Crippen molar-refractivity contribution >= 4 is 23.0 Å². The van der Waals surface area contributed by atoms with Crippen LogP contribution in [0.2, 0.25) is 0 Å². The highest BCUT2D eigenvalue weighted by Gasteiger charge is 2.22. The number of carbonyl (C=O) groups is 1. The van der Waals surface area contributed by atoms with Crippen LogP contribution >= 0.6 is 0 Å². The third-order valence-corrected chi connectivity index (χ3v) is 3.77. The van der Waals surface area contributed by atoms with Gasteiger partial charge >= 0.3 is 5.69 Å². The zero-order valence-corrected chi connectivity index (χ0v) is 14.0. The van der Waals surface area contributed by atoms with E-state index < -0.39 is 9.85 Å². The number of carbonyl (C=O) groups excluding carboxylic acids is 1. The van der Waals surface area contributed by atoms with Gasteiger partial charge in [0.2, 0.25) is 5.91 Å². The van der Waals surface area contributed by atoms with Crippen LogP contribution in [0.4, 0.5) is 17.1 Å². The van der Waals surface area contributed by atoms with Crippen LogP contribution in [0.25, 0.3) is 0 Å². The second-order valence-electron chi connectivity index (χ2n) is 5.55. The molecule has 1 aromatic heterocycles. The van der Waals surface area contributed by atoms with Gasteiger partial charge in [0, 0.05) is 24.2 Å². The molecule has 10 nitrogen and oxygen atoms in total. The van der Waals surface area contributed by atoms with Crippen LogP contribution < -0.4 is 5.32 Å². The molecule has 0 bridgehead atoms. The molecule has 2 aromatic rings.